The third kappa shape index (κ3) is 3.56. The smallest absolute Gasteiger partial charge is 0.256 e. The molecular formula is C13H15ClO3. The van der Waals surface area contributed by atoms with Gasteiger partial charge in [0, 0.05) is 5.41 Å². The average molecular weight is 255 g/mol. The van der Waals surface area contributed by atoms with E-state index in [2.05, 4.69) is 0 Å². The van der Waals surface area contributed by atoms with E-state index in [1.165, 1.54) is 19.1 Å². The number of halogens is 1. The van der Waals surface area contributed by atoms with Crippen molar-refractivity contribution in [3.05, 3.63) is 29.2 Å². The maximum absolute atomic E-state index is 11.2. The molecule has 0 N–H and O–H groups in total. The molecule has 0 radical (unpaired) electrons. The van der Waals surface area contributed by atoms with Gasteiger partial charge in [-0.05, 0) is 36.7 Å². The Balaban J connectivity index is 3.24. The van der Waals surface area contributed by atoms with Gasteiger partial charge in [0.15, 0.2) is 5.78 Å². The zero-order valence-electron chi connectivity index (χ0n) is 10.3. The summed E-state index contributed by atoms with van der Waals surface area (Å²) < 4.78 is 5.55. The van der Waals surface area contributed by atoms with Gasteiger partial charge in [-0.25, -0.2) is 0 Å². The van der Waals surface area contributed by atoms with Crippen molar-refractivity contribution in [1.82, 2.24) is 0 Å². The highest BCUT2D eigenvalue weighted by Gasteiger charge is 2.23. The van der Waals surface area contributed by atoms with Crippen LogP contribution in [0.15, 0.2) is 16.6 Å². The minimum Gasteiger partial charge on any atom is -0.460 e. The molecule has 4 heteroatoms. The molecular weight excluding hydrogens is 240 g/mol. The molecule has 17 heavy (non-hydrogen) atoms. The summed E-state index contributed by atoms with van der Waals surface area (Å²) in [7, 11) is 0. The SMILES string of the molecule is CC(=O)/C=C/c1oc(C(C)(C)C)cc1C(=O)Cl. The summed E-state index contributed by atoms with van der Waals surface area (Å²) >= 11 is 5.47. The van der Waals surface area contributed by atoms with Crippen LogP contribution >= 0.6 is 11.6 Å². The first-order chi connectivity index (χ1) is 7.71. The zero-order valence-corrected chi connectivity index (χ0v) is 11.1. The van der Waals surface area contributed by atoms with Crippen molar-refractivity contribution >= 4 is 28.7 Å². The molecule has 1 heterocycles. The molecule has 1 aromatic rings. The molecule has 1 rings (SSSR count). The molecule has 0 spiro atoms. The number of hydrogen-bond acceptors (Lipinski definition) is 3. The first-order valence-electron chi connectivity index (χ1n) is 5.24. The molecule has 0 aromatic carbocycles. The Morgan fingerprint density at radius 1 is 1.35 bits per heavy atom. The summed E-state index contributed by atoms with van der Waals surface area (Å²) in [5, 5.41) is -0.590. The van der Waals surface area contributed by atoms with Gasteiger partial charge in [-0.3, -0.25) is 9.59 Å². The number of carbonyl (C=O) groups is 2. The predicted octanol–water partition coefficient (Wildman–Crippen LogP) is 3.56. The van der Waals surface area contributed by atoms with Crippen LogP contribution in [-0.2, 0) is 10.2 Å². The molecule has 92 valence electrons. The summed E-state index contributed by atoms with van der Waals surface area (Å²) in [6.07, 6.45) is 2.81. The lowest BCUT2D eigenvalue weighted by Crippen LogP contribution is -2.09. The average Bonchev–Trinajstić information content (AvgIpc) is 2.57. The molecule has 0 saturated heterocycles. The monoisotopic (exact) mass is 254 g/mol. The van der Waals surface area contributed by atoms with Crippen molar-refractivity contribution in [2.45, 2.75) is 33.1 Å². The summed E-state index contributed by atoms with van der Waals surface area (Å²) in [6, 6.07) is 1.62. The second kappa shape index (κ2) is 4.88. The Morgan fingerprint density at radius 2 is 1.94 bits per heavy atom. The first-order valence-corrected chi connectivity index (χ1v) is 5.62. The van der Waals surface area contributed by atoms with Crippen LogP contribution < -0.4 is 0 Å². The lowest BCUT2D eigenvalue weighted by atomic mass is 9.93. The van der Waals surface area contributed by atoms with E-state index in [4.69, 9.17) is 16.0 Å². The normalized spacial score (nSPS) is 12.1. The molecule has 3 nitrogen and oxygen atoms in total. The maximum atomic E-state index is 11.2. The molecule has 0 aliphatic rings. The Morgan fingerprint density at radius 3 is 2.35 bits per heavy atom. The second-order valence-electron chi connectivity index (χ2n) is 4.86. The van der Waals surface area contributed by atoms with E-state index < -0.39 is 5.24 Å². The van der Waals surface area contributed by atoms with Gasteiger partial charge in [0.2, 0.25) is 0 Å². The standard InChI is InChI=1S/C13H15ClO3/c1-8(15)5-6-10-9(12(14)16)7-11(17-10)13(2,3)4/h5-7H,1-4H3/b6-5+. The van der Waals surface area contributed by atoms with Gasteiger partial charge in [0.05, 0.1) is 5.56 Å². The first kappa shape index (κ1) is 13.7. The van der Waals surface area contributed by atoms with Crippen LogP contribution in [0, 0.1) is 0 Å². The van der Waals surface area contributed by atoms with E-state index in [-0.39, 0.29) is 16.8 Å². The Hall–Kier alpha value is -1.35. The quantitative estimate of drug-likeness (QED) is 0.612. The molecule has 0 unspecified atom stereocenters. The molecule has 0 aliphatic heterocycles. The third-order valence-electron chi connectivity index (χ3n) is 2.18. The van der Waals surface area contributed by atoms with Gasteiger partial charge in [-0.1, -0.05) is 20.8 Å². The summed E-state index contributed by atoms with van der Waals surface area (Å²) in [6.45, 7) is 7.32. The van der Waals surface area contributed by atoms with Crippen LogP contribution in [0.2, 0.25) is 0 Å². The molecule has 0 saturated carbocycles. The number of ketones is 1. The van der Waals surface area contributed by atoms with Gasteiger partial charge >= 0.3 is 0 Å². The van der Waals surface area contributed by atoms with E-state index in [1.807, 2.05) is 20.8 Å². The molecule has 0 aliphatic carbocycles. The largest absolute Gasteiger partial charge is 0.460 e. The van der Waals surface area contributed by atoms with Crippen LogP contribution in [0.3, 0.4) is 0 Å². The highest BCUT2D eigenvalue weighted by atomic mass is 35.5. The summed E-state index contributed by atoms with van der Waals surface area (Å²) in [5.74, 6) is 0.863. The Labute approximate surface area is 105 Å². The number of rotatable bonds is 3. The van der Waals surface area contributed by atoms with Crippen molar-refractivity contribution in [1.29, 1.82) is 0 Å². The molecule has 1 aromatic heterocycles. The minimum absolute atomic E-state index is 0.119. The van der Waals surface area contributed by atoms with Gasteiger partial charge in [-0.2, -0.15) is 0 Å². The number of hydrogen-bond donors (Lipinski definition) is 0. The molecule has 0 fully saturated rings. The van der Waals surface area contributed by atoms with Crippen LogP contribution in [-0.4, -0.2) is 11.0 Å². The summed E-state index contributed by atoms with van der Waals surface area (Å²) in [4.78, 5) is 22.1. The predicted molar refractivity (Wildman–Crippen MR) is 67.3 cm³/mol. The van der Waals surface area contributed by atoms with Crippen molar-refractivity contribution in [2.24, 2.45) is 0 Å². The highest BCUT2D eigenvalue weighted by molar-refractivity contribution is 6.68. The lowest BCUT2D eigenvalue weighted by Gasteiger charge is -2.13. The van der Waals surface area contributed by atoms with E-state index in [1.54, 1.807) is 6.07 Å². The van der Waals surface area contributed by atoms with Crippen LogP contribution in [0.25, 0.3) is 6.08 Å². The van der Waals surface area contributed by atoms with Crippen LogP contribution in [0.1, 0.15) is 49.6 Å². The number of furan rings is 1. The van der Waals surface area contributed by atoms with Crippen molar-refractivity contribution < 1.29 is 14.0 Å². The molecule has 0 atom stereocenters. The van der Waals surface area contributed by atoms with Gasteiger partial charge < -0.3 is 4.42 Å². The van der Waals surface area contributed by atoms with Gasteiger partial charge in [0.1, 0.15) is 11.5 Å². The Kier molecular flexibility index (Phi) is 3.94. The fourth-order valence-corrected chi connectivity index (χ4v) is 1.39. The molecule has 0 amide bonds. The number of allylic oxidation sites excluding steroid dienone is 1. The van der Waals surface area contributed by atoms with Gasteiger partial charge in [0.25, 0.3) is 5.24 Å². The third-order valence-corrected chi connectivity index (χ3v) is 2.38. The maximum Gasteiger partial charge on any atom is 0.256 e. The topological polar surface area (TPSA) is 47.3 Å². The fourth-order valence-electron chi connectivity index (χ4n) is 1.25. The van der Waals surface area contributed by atoms with E-state index >= 15 is 0 Å². The fraction of sp³-hybridized carbons (Fsp3) is 0.385. The van der Waals surface area contributed by atoms with Crippen molar-refractivity contribution in [2.75, 3.05) is 0 Å². The second-order valence-corrected chi connectivity index (χ2v) is 5.20. The minimum atomic E-state index is -0.590. The van der Waals surface area contributed by atoms with E-state index in [0.29, 0.717) is 11.5 Å². The Bertz CT molecular complexity index is 475. The van der Waals surface area contributed by atoms with Crippen molar-refractivity contribution in [3.8, 4) is 0 Å². The van der Waals surface area contributed by atoms with Crippen LogP contribution in [0.4, 0.5) is 0 Å². The van der Waals surface area contributed by atoms with E-state index in [9.17, 15) is 9.59 Å². The molecule has 0 bridgehead atoms. The van der Waals surface area contributed by atoms with Gasteiger partial charge in [-0.15, -0.1) is 0 Å². The van der Waals surface area contributed by atoms with Crippen LogP contribution in [0.5, 0.6) is 0 Å². The van der Waals surface area contributed by atoms with E-state index in [0.717, 1.165) is 0 Å². The van der Waals surface area contributed by atoms with Crippen molar-refractivity contribution in [3.63, 3.8) is 0 Å². The lowest BCUT2D eigenvalue weighted by molar-refractivity contribution is -0.112. The zero-order chi connectivity index (χ0) is 13.2. The number of carbonyl (C=O) groups excluding carboxylic acids is 2. The summed E-state index contributed by atoms with van der Waals surface area (Å²) in [5.41, 5.74) is 0.0673. The highest BCUT2D eigenvalue weighted by Crippen LogP contribution is 2.28.